The molecule has 0 radical (unpaired) electrons. The molecular formula is C20H27FN4OS. The van der Waals surface area contributed by atoms with Crippen LogP contribution < -0.4 is 0 Å². The molecule has 1 aromatic carbocycles. The van der Waals surface area contributed by atoms with Gasteiger partial charge in [-0.25, -0.2) is 4.39 Å². The number of carbonyl (C=O) groups excluding carboxylic acids is 1. The number of Topliss-reactive ketones (excluding diaryl/α,β-unsaturated/α-hetero) is 1. The van der Waals surface area contributed by atoms with Crippen molar-refractivity contribution in [3.8, 4) is 5.69 Å². The number of thioether (sulfide) groups is 1. The number of hydrogen-bond donors (Lipinski definition) is 0. The van der Waals surface area contributed by atoms with Crippen LogP contribution in [0.15, 0.2) is 29.4 Å². The first kappa shape index (κ1) is 20.0. The van der Waals surface area contributed by atoms with Crippen molar-refractivity contribution < 1.29 is 9.18 Å². The van der Waals surface area contributed by atoms with E-state index in [-0.39, 0.29) is 17.0 Å². The minimum atomic E-state index is -0.385. The molecule has 0 amide bonds. The van der Waals surface area contributed by atoms with Gasteiger partial charge in [0.05, 0.1) is 12.3 Å². The quantitative estimate of drug-likeness (QED) is 0.695. The number of benzene rings is 1. The summed E-state index contributed by atoms with van der Waals surface area (Å²) in [5, 5.41) is 9.40. The largest absolute Gasteiger partial charge is 0.298 e. The van der Waals surface area contributed by atoms with E-state index in [1.54, 1.807) is 12.1 Å². The number of halogens is 1. The van der Waals surface area contributed by atoms with Crippen molar-refractivity contribution in [1.82, 2.24) is 19.7 Å². The maximum atomic E-state index is 13.4. The van der Waals surface area contributed by atoms with Gasteiger partial charge in [-0.15, -0.1) is 10.2 Å². The summed E-state index contributed by atoms with van der Waals surface area (Å²) in [6.07, 6.45) is 3.68. The van der Waals surface area contributed by atoms with Gasteiger partial charge >= 0.3 is 0 Å². The first-order chi connectivity index (χ1) is 12.8. The minimum absolute atomic E-state index is 0.165. The SMILES string of the molecule is CC(C)(C)C(=O)CSc1nnc(CN2CCCCC2)n1-c1ccc(F)cc1. The molecule has 1 aromatic heterocycles. The highest BCUT2D eigenvalue weighted by molar-refractivity contribution is 7.99. The summed E-state index contributed by atoms with van der Waals surface area (Å²) in [5.41, 5.74) is 0.434. The summed E-state index contributed by atoms with van der Waals surface area (Å²) in [5.74, 6) is 1.06. The number of hydrogen-bond acceptors (Lipinski definition) is 5. The van der Waals surface area contributed by atoms with Crippen LogP contribution in [0, 0.1) is 11.2 Å². The Morgan fingerprint density at radius 2 is 1.78 bits per heavy atom. The predicted molar refractivity (Wildman–Crippen MR) is 106 cm³/mol. The highest BCUT2D eigenvalue weighted by Gasteiger charge is 2.24. The zero-order valence-corrected chi connectivity index (χ0v) is 17.1. The lowest BCUT2D eigenvalue weighted by molar-refractivity contribution is -0.123. The van der Waals surface area contributed by atoms with Crippen molar-refractivity contribution in [2.45, 2.75) is 51.7 Å². The van der Waals surface area contributed by atoms with Crippen molar-refractivity contribution in [3.63, 3.8) is 0 Å². The average Bonchev–Trinajstić information content (AvgIpc) is 3.03. The molecule has 27 heavy (non-hydrogen) atoms. The first-order valence-electron chi connectivity index (χ1n) is 9.43. The van der Waals surface area contributed by atoms with Crippen molar-refractivity contribution in [1.29, 1.82) is 0 Å². The summed E-state index contributed by atoms with van der Waals surface area (Å²) in [6, 6.07) is 6.34. The van der Waals surface area contributed by atoms with E-state index in [1.165, 1.54) is 43.2 Å². The molecule has 1 aliphatic heterocycles. The van der Waals surface area contributed by atoms with Crippen molar-refractivity contribution >= 4 is 17.5 Å². The zero-order valence-electron chi connectivity index (χ0n) is 16.2. The molecule has 1 aliphatic rings. The molecule has 146 valence electrons. The van der Waals surface area contributed by atoms with E-state index in [9.17, 15) is 9.18 Å². The Hall–Kier alpha value is -1.73. The second-order valence-corrected chi connectivity index (χ2v) is 8.95. The van der Waals surface area contributed by atoms with Gasteiger partial charge in [0.1, 0.15) is 11.6 Å². The van der Waals surface area contributed by atoms with Gasteiger partial charge in [0, 0.05) is 11.1 Å². The van der Waals surface area contributed by atoms with Gasteiger partial charge in [-0.2, -0.15) is 0 Å². The van der Waals surface area contributed by atoms with Gasteiger partial charge in [0.15, 0.2) is 11.0 Å². The molecule has 1 saturated heterocycles. The maximum Gasteiger partial charge on any atom is 0.196 e. The molecule has 0 aliphatic carbocycles. The molecule has 0 atom stereocenters. The Kier molecular flexibility index (Phi) is 6.32. The summed E-state index contributed by atoms with van der Waals surface area (Å²) in [7, 11) is 0. The first-order valence-corrected chi connectivity index (χ1v) is 10.4. The number of nitrogens with zero attached hydrogens (tertiary/aromatic N) is 4. The lowest BCUT2D eigenvalue weighted by Gasteiger charge is -2.26. The lowest BCUT2D eigenvalue weighted by Crippen LogP contribution is -2.30. The fourth-order valence-corrected chi connectivity index (χ4v) is 4.14. The van der Waals surface area contributed by atoms with E-state index in [4.69, 9.17) is 0 Å². The van der Waals surface area contributed by atoms with E-state index in [2.05, 4.69) is 15.1 Å². The Bertz CT molecular complexity index is 776. The van der Waals surface area contributed by atoms with E-state index in [1.807, 2.05) is 25.3 Å². The molecule has 5 nitrogen and oxygen atoms in total. The molecule has 7 heteroatoms. The number of aromatic nitrogens is 3. The van der Waals surface area contributed by atoms with Crippen LogP contribution >= 0.6 is 11.8 Å². The van der Waals surface area contributed by atoms with Crippen LogP contribution in [0.25, 0.3) is 5.69 Å². The third kappa shape index (κ3) is 5.17. The molecular weight excluding hydrogens is 363 g/mol. The highest BCUT2D eigenvalue weighted by Crippen LogP contribution is 2.26. The van der Waals surface area contributed by atoms with Gasteiger partial charge < -0.3 is 0 Å². The van der Waals surface area contributed by atoms with Crippen LogP contribution in [0.1, 0.15) is 45.9 Å². The standard InChI is InChI=1S/C20H27FN4OS/c1-20(2,3)17(26)14-27-19-23-22-18(13-24-11-5-4-6-12-24)25(19)16-9-7-15(21)8-10-16/h7-10H,4-6,11-14H2,1-3H3. The fraction of sp³-hybridized carbons (Fsp3) is 0.550. The molecule has 0 spiro atoms. The molecule has 2 heterocycles. The van der Waals surface area contributed by atoms with E-state index in [0.717, 1.165) is 24.6 Å². The molecule has 0 unspecified atom stereocenters. The molecule has 3 rings (SSSR count). The monoisotopic (exact) mass is 390 g/mol. The summed E-state index contributed by atoms with van der Waals surface area (Å²) in [6.45, 7) is 8.58. The maximum absolute atomic E-state index is 13.4. The van der Waals surface area contributed by atoms with Crippen LogP contribution in [-0.2, 0) is 11.3 Å². The van der Waals surface area contributed by atoms with E-state index in [0.29, 0.717) is 17.5 Å². The van der Waals surface area contributed by atoms with Gasteiger partial charge in [0.2, 0.25) is 0 Å². The number of rotatable bonds is 6. The molecule has 1 fully saturated rings. The van der Waals surface area contributed by atoms with Crippen LogP contribution in [0.4, 0.5) is 4.39 Å². The number of likely N-dealkylation sites (tertiary alicyclic amines) is 1. The van der Waals surface area contributed by atoms with Gasteiger partial charge in [0.25, 0.3) is 0 Å². The fourth-order valence-electron chi connectivity index (χ4n) is 3.01. The van der Waals surface area contributed by atoms with Crippen LogP contribution in [-0.4, -0.2) is 44.3 Å². The number of piperidine rings is 1. The molecule has 2 aromatic rings. The van der Waals surface area contributed by atoms with Crippen LogP contribution in [0.3, 0.4) is 0 Å². The zero-order chi connectivity index (χ0) is 19.4. The highest BCUT2D eigenvalue weighted by atomic mass is 32.2. The normalized spacial score (nSPS) is 15.9. The van der Waals surface area contributed by atoms with Gasteiger partial charge in [-0.05, 0) is 50.2 Å². The van der Waals surface area contributed by atoms with Gasteiger partial charge in [-0.1, -0.05) is 39.0 Å². The smallest absolute Gasteiger partial charge is 0.196 e. The lowest BCUT2D eigenvalue weighted by atomic mass is 9.92. The Morgan fingerprint density at radius 1 is 1.11 bits per heavy atom. The number of ketones is 1. The van der Waals surface area contributed by atoms with Crippen molar-refractivity contribution in [2.75, 3.05) is 18.8 Å². The molecule has 0 bridgehead atoms. The summed E-state index contributed by atoms with van der Waals surface area (Å²) < 4.78 is 15.3. The number of carbonyl (C=O) groups is 1. The van der Waals surface area contributed by atoms with Crippen LogP contribution in [0.2, 0.25) is 0 Å². The molecule has 0 N–H and O–H groups in total. The topological polar surface area (TPSA) is 51.0 Å². The van der Waals surface area contributed by atoms with E-state index >= 15 is 0 Å². The average molecular weight is 391 g/mol. The second kappa shape index (κ2) is 8.52. The minimum Gasteiger partial charge on any atom is -0.298 e. The Labute approximate surface area is 164 Å². The van der Waals surface area contributed by atoms with E-state index < -0.39 is 0 Å². The Balaban J connectivity index is 1.86. The van der Waals surface area contributed by atoms with Crippen molar-refractivity contribution in [3.05, 3.63) is 35.9 Å². The summed E-state index contributed by atoms with van der Waals surface area (Å²) >= 11 is 1.39. The van der Waals surface area contributed by atoms with Crippen LogP contribution in [0.5, 0.6) is 0 Å². The second-order valence-electron chi connectivity index (χ2n) is 8.01. The van der Waals surface area contributed by atoms with Crippen molar-refractivity contribution in [2.24, 2.45) is 5.41 Å². The summed E-state index contributed by atoms with van der Waals surface area (Å²) in [4.78, 5) is 14.7. The van der Waals surface area contributed by atoms with Gasteiger partial charge in [-0.3, -0.25) is 14.3 Å². The third-order valence-corrected chi connectivity index (χ3v) is 5.70. The third-order valence-electron chi connectivity index (χ3n) is 4.77. The predicted octanol–water partition coefficient (Wildman–Crippen LogP) is 4.10. The molecule has 0 saturated carbocycles. The Morgan fingerprint density at radius 3 is 2.41 bits per heavy atom.